The van der Waals surface area contributed by atoms with E-state index in [9.17, 15) is 9.59 Å². The van der Waals surface area contributed by atoms with Crippen LogP contribution in [0.3, 0.4) is 0 Å². The van der Waals surface area contributed by atoms with Gasteiger partial charge in [-0.3, -0.25) is 4.90 Å². The van der Waals surface area contributed by atoms with Gasteiger partial charge in [0, 0.05) is 12.0 Å². The van der Waals surface area contributed by atoms with Crippen molar-refractivity contribution in [2.75, 3.05) is 13.7 Å². The van der Waals surface area contributed by atoms with E-state index in [0.717, 1.165) is 12.0 Å². The summed E-state index contributed by atoms with van der Waals surface area (Å²) >= 11 is 0. The zero-order chi connectivity index (χ0) is 15.1. The van der Waals surface area contributed by atoms with Gasteiger partial charge in [-0.25, -0.2) is 14.0 Å². The molecule has 0 aromatic heterocycles. The zero-order valence-electron chi connectivity index (χ0n) is 12.4. The number of alkyl halides is 1. The summed E-state index contributed by atoms with van der Waals surface area (Å²) in [5.74, 6) is -3.56. The maximum Gasteiger partial charge on any atom is 0.413 e. The van der Waals surface area contributed by atoms with E-state index in [4.69, 9.17) is 4.74 Å². The highest BCUT2D eigenvalue weighted by Crippen LogP contribution is 2.47. The Morgan fingerprint density at radius 3 is 2.21 bits per heavy atom. The van der Waals surface area contributed by atoms with Crippen molar-refractivity contribution < 1.29 is 23.5 Å². The number of ether oxygens (including phenoxy) is 2. The molecule has 0 saturated carbocycles. The Morgan fingerprint density at radius 2 is 1.79 bits per heavy atom. The molecule has 6 heteroatoms. The highest BCUT2D eigenvalue weighted by atomic mass is 19.1. The van der Waals surface area contributed by atoms with E-state index in [1.165, 1.54) is 0 Å². The molecule has 0 unspecified atom stereocenters. The SMILES string of the molecule is COC(=O)[C@@]1(F)N(C(=O)OC(C)(C)C)CCC1(C)C. The third kappa shape index (κ3) is 2.67. The van der Waals surface area contributed by atoms with Crippen LogP contribution >= 0.6 is 0 Å². The second-order valence-electron chi connectivity index (χ2n) is 6.38. The van der Waals surface area contributed by atoms with Gasteiger partial charge in [0.1, 0.15) is 5.60 Å². The summed E-state index contributed by atoms with van der Waals surface area (Å²) < 4.78 is 24.8. The lowest BCUT2D eigenvalue weighted by molar-refractivity contribution is -0.176. The predicted octanol–water partition coefficient (Wildman–Crippen LogP) is 2.49. The molecule has 1 heterocycles. The maximum absolute atomic E-state index is 15.1. The van der Waals surface area contributed by atoms with E-state index in [0.29, 0.717) is 6.42 Å². The number of esters is 1. The van der Waals surface area contributed by atoms with Gasteiger partial charge < -0.3 is 9.47 Å². The third-order valence-corrected chi connectivity index (χ3v) is 3.30. The van der Waals surface area contributed by atoms with E-state index < -0.39 is 28.9 Å². The van der Waals surface area contributed by atoms with Gasteiger partial charge in [0.15, 0.2) is 0 Å². The van der Waals surface area contributed by atoms with Gasteiger partial charge in [0.25, 0.3) is 5.79 Å². The van der Waals surface area contributed by atoms with Crippen molar-refractivity contribution in [2.45, 2.75) is 52.4 Å². The van der Waals surface area contributed by atoms with Crippen LogP contribution in [0.2, 0.25) is 0 Å². The molecule has 5 nitrogen and oxygen atoms in total. The molecule has 0 aliphatic carbocycles. The minimum Gasteiger partial charge on any atom is -0.465 e. The summed E-state index contributed by atoms with van der Waals surface area (Å²) in [6.07, 6.45) is -0.483. The molecule has 1 saturated heterocycles. The van der Waals surface area contributed by atoms with Crippen LogP contribution in [0, 0.1) is 5.41 Å². The third-order valence-electron chi connectivity index (χ3n) is 3.30. The van der Waals surface area contributed by atoms with Crippen LogP contribution in [-0.4, -0.2) is 42.0 Å². The number of carbonyl (C=O) groups is 2. The second kappa shape index (κ2) is 4.65. The average Bonchev–Trinajstić information content (AvgIpc) is 2.48. The first kappa shape index (κ1) is 15.7. The number of rotatable bonds is 1. The Bertz CT molecular complexity index is 389. The fourth-order valence-electron chi connectivity index (χ4n) is 2.13. The van der Waals surface area contributed by atoms with Gasteiger partial charge in [-0.2, -0.15) is 0 Å². The molecular weight excluding hydrogens is 253 g/mol. The molecule has 1 fully saturated rings. The van der Waals surface area contributed by atoms with Crippen LogP contribution in [0.25, 0.3) is 0 Å². The topological polar surface area (TPSA) is 55.8 Å². The molecule has 1 aliphatic rings. The van der Waals surface area contributed by atoms with Crippen molar-refractivity contribution >= 4 is 12.1 Å². The van der Waals surface area contributed by atoms with Crippen LogP contribution in [0.15, 0.2) is 0 Å². The van der Waals surface area contributed by atoms with Crippen LogP contribution in [0.1, 0.15) is 41.0 Å². The minimum atomic E-state index is -2.50. The summed E-state index contributed by atoms with van der Waals surface area (Å²) in [4.78, 5) is 24.6. The predicted molar refractivity (Wildman–Crippen MR) is 67.2 cm³/mol. The van der Waals surface area contributed by atoms with E-state index in [2.05, 4.69) is 4.74 Å². The Kier molecular flexibility index (Phi) is 3.85. The van der Waals surface area contributed by atoms with E-state index >= 15 is 4.39 Å². The molecule has 19 heavy (non-hydrogen) atoms. The summed E-state index contributed by atoms with van der Waals surface area (Å²) in [5, 5.41) is 0. The molecule has 0 bridgehead atoms. The smallest absolute Gasteiger partial charge is 0.413 e. The first-order valence-electron chi connectivity index (χ1n) is 6.23. The second-order valence-corrected chi connectivity index (χ2v) is 6.38. The van der Waals surface area contributed by atoms with Crippen molar-refractivity contribution in [3.63, 3.8) is 0 Å². The first-order chi connectivity index (χ1) is 8.45. The van der Waals surface area contributed by atoms with Gasteiger partial charge >= 0.3 is 12.1 Å². The molecule has 1 aliphatic heterocycles. The Hall–Kier alpha value is -1.33. The lowest BCUT2D eigenvalue weighted by Gasteiger charge is -2.37. The molecule has 1 atom stereocenters. The number of halogens is 1. The van der Waals surface area contributed by atoms with Crippen molar-refractivity contribution in [3.8, 4) is 0 Å². The Morgan fingerprint density at radius 1 is 1.26 bits per heavy atom. The van der Waals surface area contributed by atoms with Gasteiger partial charge in [-0.15, -0.1) is 0 Å². The lowest BCUT2D eigenvalue weighted by atomic mass is 9.82. The van der Waals surface area contributed by atoms with E-state index in [1.54, 1.807) is 34.6 Å². The number of methoxy groups -OCH3 is 1. The largest absolute Gasteiger partial charge is 0.465 e. The quantitative estimate of drug-likeness (QED) is 0.545. The van der Waals surface area contributed by atoms with Crippen LogP contribution < -0.4 is 0 Å². The average molecular weight is 275 g/mol. The lowest BCUT2D eigenvalue weighted by Crippen LogP contribution is -2.57. The van der Waals surface area contributed by atoms with Crippen LogP contribution in [0.5, 0.6) is 0 Å². The van der Waals surface area contributed by atoms with Crippen molar-refractivity contribution in [2.24, 2.45) is 5.41 Å². The van der Waals surface area contributed by atoms with Gasteiger partial charge in [0.2, 0.25) is 0 Å². The molecular formula is C13H22FNO4. The van der Waals surface area contributed by atoms with Gasteiger partial charge in [0.05, 0.1) is 7.11 Å². The molecule has 0 radical (unpaired) electrons. The summed E-state index contributed by atoms with van der Waals surface area (Å²) in [6, 6.07) is 0. The molecule has 0 aromatic rings. The zero-order valence-corrected chi connectivity index (χ0v) is 12.4. The van der Waals surface area contributed by atoms with Gasteiger partial charge in [-0.1, -0.05) is 13.8 Å². The molecule has 0 aromatic carbocycles. The highest BCUT2D eigenvalue weighted by molar-refractivity contribution is 5.86. The maximum atomic E-state index is 15.1. The number of likely N-dealkylation sites (tertiary alicyclic amines) is 1. The molecule has 110 valence electrons. The van der Waals surface area contributed by atoms with Crippen molar-refractivity contribution in [3.05, 3.63) is 0 Å². The number of carbonyl (C=O) groups excluding carboxylic acids is 2. The molecule has 0 spiro atoms. The summed E-state index contributed by atoms with van der Waals surface area (Å²) in [6.45, 7) is 8.36. The van der Waals surface area contributed by atoms with Crippen molar-refractivity contribution in [1.82, 2.24) is 4.90 Å². The van der Waals surface area contributed by atoms with Crippen LogP contribution in [-0.2, 0) is 14.3 Å². The Labute approximate surface area is 113 Å². The standard InChI is InChI=1S/C13H22FNO4/c1-11(2,3)19-10(17)15-8-7-12(4,5)13(15,14)9(16)18-6/h7-8H2,1-6H3/t13-/m1/s1. The fraction of sp³-hybridized carbons (Fsp3) is 0.846. The normalized spacial score (nSPS) is 26.2. The molecule has 1 amide bonds. The molecule has 0 N–H and O–H groups in total. The number of hydrogen-bond acceptors (Lipinski definition) is 4. The monoisotopic (exact) mass is 275 g/mol. The number of amides is 1. The minimum absolute atomic E-state index is 0.119. The van der Waals surface area contributed by atoms with E-state index in [1.807, 2.05) is 0 Å². The summed E-state index contributed by atoms with van der Waals surface area (Å²) in [7, 11) is 1.10. The van der Waals surface area contributed by atoms with Gasteiger partial charge in [-0.05, 0) is 27.2 Å². The van der Waals surface area contributed by atoms with Crippen molar-refractivity contribution in [1.29, 1.82) is 0 Å². The number of nitrogens with zero attached hydrogens (tertiary/aromatic N) is 1. The van der Waals surface area contributed by atoms with Crippen LogP contribution in [0.4, 0.5) is 9.18 Å². The molecule has 1 rings (SSSR count). The Balaban J connectivity index is 3.08. The summed E-state index contributed by atoms with van der Waals surface area (Å²) in [5.41, 5.74) is -1.77. The van der Waals surface area contributed by atoms with E-state index in [-0.39, 0.29) is 6.54 Å². The first-order valence-corrected chi connectivity index (χ1v) is 6.23. The fourth-order valence-corrected chi connectivity index (χ4v) is 2.13. The number of hydrogen-bond donors (Lipinski definition) is 0. The highest BCUT2D eigenvalue weighted by Gasteiger charge is 2.64.